The van der Waals surface area contributed by atoms with Crippen LogP contribution in [0.4, 0.5) is 11.4 Å². The van der Waals surface area contributed by atoms with Crippen molar-refractivity contribution in [1.29, 1.82) is 0 Å². The summed E-state index contributed by atoms with van der Waals surface area (Å²) < 4.78 is 1.95. The fourth-order valence-electron chi connectivity index (χ4n) is 3.13. The largest absolute Gasteiger partial charge is 0.322 e. The van der Waals surface area contributed by atoms with E-state index < -0.39 is 5.54 Å². The Kier molecular flexibility index (Phi) is 4.44. The van der Waals surface area contributed by atoms with Gasteiger partial charge in [0.1, 0.15) is 5.54 Å². The number of carbonyl (C=O) groups excluding carboxylic acids is 2. The lowest BCUT2D eigenvalue weighted by atomic mass is 9.96. The first kappa shape index (κ1) is 18.0. The zero-order chi connectivity index (χ0) is 19.2. The minimum atomic E-state index is -0.964. The van der Waals surface area contributed by atoms with Gasteiger partial charge in [-0.05, 0) is 45.0 Å². The van der Waals surface area contributed by atoms with Crippen LogP contribution in [0.15, 0.2) is 52.9 Å². The number of amides is 2. The molecule has 138 valence electrons. The van der Waals surface area contributed by atoms with E-state index in [2.05, 4.69) is 10.3 Å². The highest BCUT2D eigenvalue weighted by Crippen LogP contribution is 2.39. The summed E-state index contributed by atoms with van der Waals surface area (Å²) in [6.45, 7) is 5.40. The van der Waals surface area contributed by atoms with Crippen molar-refractivity contribution < 1.29 is 9.59 Å². The third kappa shape index (κ3) is 3.11. The predicted molar refractivity (Wildman–Crippen MR) is 112 cm³/mol. The Morgan fingerprint density at radius 3 is 2.67 bits per heavy atom. The fourth-order valence-corrected chi connectivity index (χ4v) is 5.38. The highest BCUT2D eigenvalue weighted by Gasteiger charge is 2.44. The molecule has 0 fully saturated rings. The van der Waals surface area contributed by atoms with Crippen LogP contribution in [-0.2, 0) is 9.59 Å². The number of rotatable bonds is 3. The molecule has 0 saturated carbocycles. The molecule has 27 heavy (non-hydrogen) atoms. The Bertz CT molecular complexity index is 1010. The molecule has 2 aromatic carbocycles. The number of hydrogen-bond acceptors (Lipinski definition) is 5. The third-order valence-corrected chi connectivity index (χ3v) is 6.85. The molecule has 1 aromatic heterocycles. The maximum atomic E-state index is 13.3. The van der Waals surface area contributed by atoms with Gasteiger partial charge >= 0.3 is 0 Å². The van der Waals surface area contributed by atoms with Crippen LogP contribution in [0.25, 0.3) is 10.2 Å². The van der Waals surface area contributed by atoms with E-state index in [1.165, 1.54) is 11.8 Å². The number of benzene rings is 2. The summed E-state index contributed by atoms with van der Waals surface area (Å²) in [6.07, 6.45) is 0. The van der Waals surface area contributed by atoms with Crippen molar-refractivity contribution in [3.63, 3.8) is 0 Å². The lowest BCUT2D eigenvalue weighted by Crippen LogP contribution is -2.60. The molecular weight excluding hydrogens is 378 g/mol. The zero-order valence-corrected chi connectivity index (χ0v) is 16.9. The van der Waals surface area contributed by atoms with Gasteiger partial charge in [0.25, 0.3) is 0 Å². The predicted octanol–water partition coefficient (Wildman–Crippen LogP) is 4.54. The number of para-hydroxylation sites is 3. The molecule has 1 atom stereocenters. The molecule has 4 rings (SSSR count). The Morgan fingerprint density at radius 1 is 1.19 bits per heavy atom. The smallest absolute Gasteiger partial charge is 0.250 e. The number of nitrogens with one attached hydrogen (secondary N) is 1. The molecule has 0 spiro atoms. The Labute approximate surface area is 165 Å². The molecule has 0 saturated heterocycles. The molecule has 0 radical (unpaired) electrons. The van der Waals surface area contributed by atoms with Crippen LogP contribution in [0.2, 0.25) is 0 Å². The van der Waals surface area contributed by atoms with Gasteiger partial charge in [0.05, 0.1) is 26.8 Å². The standard InChI is InChI=1S/C20H19N3O2S2/c1-12(26-19-22-14-9-5-7-11-16(14)27-19)17(24)23-15-10-6-4-8-13(15)21-18(25)20(23,2)3/h4-12H,1-3H3,(H,21,25). The summed E-state index contributed by atoms with van der Waals surface area (Å²) in [4.78, 5) is 32.1. The van der Waals surface area contributed by atoms with Crippen molar-refractivity contribution in [3.8, 4) is 0 Å². The van der Waals surface area contributed by atoms with Gasteiger partial charge in [-0.3, -0.25) is 14.5 Å². The number of fused-ring (bicyclic) bond motifs is 2. The number of thiazole rings is 1. The molecule has 1 N–H and O–H groups in total. The van der Waals surface area contributed by atoms with Crippen LogP contribution in [0.5, 0.6) is 0 Å². The van der Waals surface area contributed by atoms with E-state index in [1.54, 1.807) is 30.1 Å². The first-order valence-electron chi connectivity index (χ1n) is 8.65. The number of thioether (sulfide) groups is 1. The zero-order valence-electron chi connectivity index (χ0n) is 15.2. The van der Waals surface area contributed by atoms with Gasteiger partial charge in [0.2, 0.25) is 11.8 Å². The topological polar surface area (TPSA) is 62.3 Å². The van der Waals surface area contributed by atoms with Crippen LogP contribution in [-0.4, -0.2) is 27.6 Å². The maximum absolute atomic E-state index is 13.3. The molecular formula is C20H19N3O2S2. The van der Waals surface area contributed by atoms with E-state index >= 15 is 0 Å². The summed E-state index contributed by atoms with van der Waals surface area (Å²) in [6, 6.07) is 15.3. The van der Waals surface area contributed by atoms with Gasteiger partial charge in [-0.2, -0.15) is 0 Å². The quantitative estimate of drug-likeness (QED) is 0.659. The Hall–Kier alpha value is -2.38. The van der Waals surface area contributed by atoms with Gasteiger partial charge < -0.3 is 5.32 Å². The van der Waals surface area contributed by atoms with Gasteiger partial charge in [0.15, 0.2) is 4.34 Å². The lowest BCUT2D eigenvalue weighted by molar-refractivity contribution is -0.126. The van der Waals surface area contributed by atoms with E-state index in [4.69, 9.17) is 0 Å². The molecule has 2 heterocycles. The van der Waals surface area contributed by atoms with Crippen molar-refractivity contribution in [2.24, 2.45) is 0 Å². The second-order valence-corrected chi connectivity index (χ2v) is 9.53. The number of anilines is 2. The number of carbonyl (C=O) groups is 2. The second-order valence-electron chi connectivity index (χ2n) is 6.91. The summed E-state index contributed by atoms with van der Waals surface area (Å²) in [5, 5.41) is 2.52. The van der Waals surface area contributed by atoms with E-state index in [9.17, 15) is 9.59 Å². The van der Waals surface area contributed by atoms with E-state index in [-0.39, 0.29) is 17.1 Å². The highest BCUT2D eigenvalue weighted by molar-refractivity contribution is 8.02. The normalized spacial score (nSPS) is 16.7. The molecule has 0 bridgehead atoms. The van der Waals surface area contributed by atoms with Crippen molar-refractivity contribution >= 4 is 56.5 Å². The minimum Gasteiger partial charge on any atom is -0.322 e. The van der Waals surface area contributed by atoms with Crippen molar-refractivity contribution in [1.82, 2.24) is 4.98 Å². The van der Waals surface area contributed by atoms with E-state index in [0.29, 0.717) is 5.69 Å². The lowest BCUT2D eigenvalue weighted by Gasteiger charge is -2.43. The number of nitrogens with zero attached hydrogens (tertiary/aromatic N) is 2. The van der Waals surface area contributed by atoms with E-state index in [0.717, 1.165) is 20.2 Å². The monoisotopic (exact) mass is 397 g/mol. The van der Waals surface area contributed by atoms with Gasteiger partial charge in [-0.15, -0.1) is 11.3 Å². The molecule has 0 aliphatic carbocycles. The average Bonchev–Trinajstić information content (AvgIpc) is 3.04. The van der Waals surface area contributed by atoms with Crippen LogP contribution in [0.3, 0.4) is 0 Å². The third-order valence-electron chi connectivity index (χ3n) is 4.63. The summed E-state index contributed by atoms with van der Waals surface area (Å²) >= 11 is 3.01. The molecule has 5 nitrogen and oxygen atoms in total. The van der Waals surface area contributed by atoms with Gasteiger partial charge in [-0.1, -0.05) is 36.0 Å². The molecule has 1 aliphatic rings. The fraction of sp³-hybridized carbons (Fsp3) is 0.250. The van der Waals surface area contributed by atoms with Crippen molar-refractivity contribution in [2.45, 2.75) is 35.9 Å². The van der Waals surface area contributed by atoms with Crippen molar-refractivity contribution in [2.75, 3.05) is 10.2 Å². The summed E-state index contributed by atoms with van der Waals surface area (Å²) in [5.41, 5.74) is 1.36. The van der Waals surface area contributed by atoms with Crippen LogP contribution >= 0.6 is 23.1 Å². The van der Waals surface area contributed by atoms with Crippen LogP contribution in [0.1, 0.15) is 20.8 Å². The SMILES string of the molecule is CC(Sc1nc2ccccc2s1)C(=O)N1c2ccccc2NC(=O)C1(C)C. The summed E-state index contributed by atoms with van der Waals surface area (Å²) in [5.74, 6) is -0.293. The number of aromatic nitrogens is 1. The Balaban J connectivity index is 1.65. The van der Waals surface area contributed by atoms with E-state index in [1.807, 2.05) is 55.5 Å². The molecule has 3 aromatic rings. The maximum Gasteiger partial charge on any atom is 0.250 e. The Morgan fingerprint density at radius 2 is 1.89 bits per heavy atom. The van der Waals surface area contributed by atoms with Gasteiger partial charge in [0, 0.05) is 0 Å². The average molecular weight is 398 g/mol. The van der Waals surface area contributed by atoms with Crippen LogP contribution < -0.4 is 10.2 Å². The van der Waals surface area contributed by atoms with Gasteiger partial charge in [-0.25, -0.2) is 4.98 Å². The summed E-state index contributed by atoms with van der Waals surface area (Å²) in [7, 11) is 0. The number of hydrogen-bond donors (Lipinski definition) is 1. The molecule has 7 heteroatoms. The first-order chi connectivity index (χ1) is 12.9. The van der Waals surface area contributed by atoms with Crippen molar-refractivity contribution in [3.05, 3.63) is 48.5 Å². The second kappa shape index (κ2) is 6.65. The van der Waals surface area contributed by atoms with Crippen LogP contribution in [0, 0.1) is 0 Å². The first-order valence-corrected chi connectivity index (χ1v) is 10.3. The molecule has 1 unspecified atom stereocenters. The molecule has 2 amide bonds. The minimum absolute atomic E-state index is 0.105. The molecule has 1 aliphatic heterocycles. The highest BCUT2D eigenvalue weighted by atomic mass is 32.2.